The van der Waals surface area contributed by atoms with Gasteiger partial charge in [-0.2, -0.15) is 13.2 Å². The van der Waals surface area contributed by atoms with E-state index in [0.717, 1.165) is 19.0 Å². The van der Waals surface area contributed by atoms with Crippen molar-refractivity contribution in [3.8, 4) is 5.75 Å². The lowest BCUT2D eigenvalue weighted by Crippen LogP contribution is -2.38. The highest BCUT2D eigenvalue weighted by Gasteiger charge is 2.55. The van der Waals surface area contributed by atoms with Crippen LogP contribution in [0.3, 0.4) is 0 Å². The number of hydrogen-bond acceptors (Lipinski definition) is 5. The lowest BCUT2D eigenvalue weighted by molar-refractivity contribution is -0.0979. The molecule has 1 aliphatic carbocycles. The van der Waals surface area contributed by atoms with Crippen LogP contribution in [0.4, 0.5) is 22.0 Å². The molecule has 11 heteroatoms. The summed E-state index contributed by atoms with van der Waals surface area (Å²) in [6, 6.07) is 1.54. The number of halogens is 5. The normalized spacial score (nSPS) is 26.0. The molecule has 3 rings (SSSR count). The van der Waals surface area contributed by atoms with Crippen LogP contribution < -0.4 is 4.74 Å². The number of alkyl halides is 5. The molecule has 0 spiro atoms. The molecule has 0 bridgehead atoms. The maximum Gasteiger partial charge on any atom is 0.501 e. The molecule has 1 aliphatic heterocycles. The number of hydrogen-bond donors (Lipinski definition) is 1. The van der Waals surface area contributed by atoms with E-state index < -0.39 is 49.8 Å². The van der Waals surface area contributed by atoms with Gasteiger partial charge in [-0.25, -0.2) is 17.2 Å². The van der Waals surface area contributed by atoms with Crippen molar-refractivity contribution >= 4 is 9.84 Å². The lowest BCUT2D eigenvalue weighted by atomic mass is 10.1. The lowest BCUT2D eigenvalue weighted by Gasteiger charge is -2.30. The number of fused-ring (bicyclic) bond motifs is 1. The predicted octanol–water partition coefficient (Wildman–Crippen LogP) is 2.68. The monoisotopic (exact) mass is 415 g/mol. The fraction of sp³-hybridized carbons (Fsp3) is 0.625. The largest absolute Gasteiger partial charge is 0.501 e. The molecule has 0 aromatic heterocycles. The molecule has 1 N–H and O–H groups in total. The molecule has 27 heavy (non-hydrogen) atoms. The van der Waals surface area contributed by atoms with E-state index in [0.29, 0.717) is 19.0 Å². The van der Waals surface area contributed by atoms with Gasteiger partial charge >= 0.3 is 5.51 Å². The Hall–Kier alpha value is -1.46. The fourth-order valence-corrected chi connectivity index (χ4v) is 4.53. The molecule has 2 atom stereocenters. The van der Waals surface area contributed by atoms with Crippen LogP contribution >= 0.6 is 0 Å². The van der Waals surface area contributed by atoms with E-state index in [4.69, 9.17) is 4.74 Å². The van der Waals surface area contributed by atoms with Gasteiger partial charge in [0.1, 0.15) is 18.0 Å². The van der Waals surface area contributed by atoms with Crippen LogP contribution in [0.25, 0.3) is 0 Å². The Kier molecular flexibility index (Phi) is 4.92. The van der Waals surface area contributed by atoms with Gasteiger partial charge < -0.3 is 14.7 Å². The molecule has 2 aliphatic rings. The highest BCUT2D eigenvalue weighted by Crippen LogP contribution is 2.50. The molecule has 0 amide bonds. The number of nitrogens with zero attached hydrogens (tertiary/aromatic N) is 1. The molecule has 5 nitrogen and oxygen atoms in total. The van der Waals surface area contributed by atoms with E-state index in [1.165, 1.54) is 0 Å². The molecule has 1 saturated heterocycles. The number of likely N-dealkylation sites (tertiary alicyclic amines) is 1. The van der Waals surface area contributed by atoms with E-state index in [-0.39, 0.29) is 11.9 Å². The van der Waals surface area contributed by atoms with Crippen LogP contribution in [0.1, 0.15) is 30.1 Å². The number of piperidine rings is 1. The molecule has 0 saturated carbocycles. The van der Waals surface area contributed by atoms with Gasteiger partial charge in [-0.1, -0.05) is 0 Å². The van der Waals surface area contributed by atoms with Gasteiger partial charge in [0.15, 0.2) is 0 Å². The molecule has 0 radical (unpaired) electrons. The number of ether oxygens (including phenoxy) is 1. The molecule has 152 valence electrons. The zero-order valence-corrected chi connectivity index (χ0v) is 15.1. The van der Waals surface area contributed by atoms with Crippen molar-refractivity contribution in [1.82, 2.24) is 4.90 Å². The van der Waals surface area contributed by atoms with Crippen molar-refractivity contribution in [3.63, 3.8) is 0 Å². The Balaban J connectivity index is 2.07. The Morgan fingerprint density at radius 3 is 2.56 bits per heavy atom. The number of sulfone groups is 1. The Bertz CT molecular complexity index is 840. The maximum absolute atomic E-state index is 14.0. The summed E-state index contributed by atoms with van der Waals surface area (Å²) in [5, 5.41) is 9.85. The van der Waals surface area contributed by atoms with Crippen LogP contribution in [0.5, 0.6) is 5.75 Å². The van der Waals surface area contributed by atoms with Crippen LogP contribution in [0, 0.1) is 0 Å². The minimum atomic E-state index is -5.90. The molecular formula is C16H18F5NO4S. The second kappa shape index (κ2) is 6.56. The summed E-state index contributed by atoms with van der Waals surface area (Å²) in [4.78, 5) is 0.600. The quantitative estimate of drug-likeness (QED) is 0.769. The maximum atomic E-state index is 14.0. The fourth-order valence-electron chi connectivity index (χ4n) is 3.51. The zero-order valence-electron chi connectivity index (χ0n) is 14.3. The number of likely N-dealkylation sites (N-methyl/N-ethyl adjacent to an activating group) is 1. The first kappa shape index (κ1) is 20.3. The second-order valence-corrected chi connectivity index (χ2v) is 8.80. The van der Waals surface area contributed by atoms with Gasteiger partial charge in [-0.3, -0.25) is 0 Å². The van der Waals surface area contributed by atoms with E-state index in [1.807, 2.05) is 11.9 Å². The summed E-state index contributed by atoms with van der Waals surface area (Å²) in [7, 11) is -4.06. The number of benzene rings is 1. The van der Waals surface area contributed by atoms with Crippen LogP contribution in [0.2, 0.25) is 0 Å². The third kappa shape index (κ3) is 3.52. The van der Waals surface area contributed by atoms with E-state index in [9.17, 15) is 35.5 Å². The van der Waals surface area contributed by atoms with Gasteiger partial charge in [0.25, 0.3) is 15.8 Å². The molecule has 2 unspecified atom stereocenters. The Morgan fingerprint density at radius 2 is 1.96 bits per heavy atom. The third-order valence-corrected chi connectivity index (χ3v) is 6.37. The smallest absolute Gasteiger partial charge is 0.489 e. The van der Waals surface area contributed by atoms with E-state index >= 15 is 0 Å². The molecular weight excluding hydrogens is 397 g/mol. The van der Waals surface area contributed by atoms with E-state index in [1.54, 1.807) is 0 Å². The molecule has 1 fully saturated rings. The van der Waals surface area contributed by atoms with Crippen LogP contribution in [-0.2, 0) is 16.3 Å². The zero-order chi connectivity index (χ0) is 20.2. The van der Waals surface area contributed by atoms with Crippen molar-refractivity contribution in [2.75, 3.05) is 20.1 Å². The standard InChI is InChI=1S/C16H18F5NO4S/c1-22-6-2-3-9(8-22)26-11-4-5-12(27(24,25)16(19,20)21)13-10(11)7-15(17,18)14(13)23/h4-5,9,14,23H,2-3,6-8H2,1H3. The highest BCUT2D eigenvalue weighted by molar-refractivity contribution is 7.92. The molecule has 1 aromatic rings. The highest BCUT2D eigenvalue weighted by atomic mass is 32.2. The molecule has 1 heterocycles. The predicted molar refractivity (Wildman–Crippen MR) is 84.4 cm³/mol. The van der Waals surface area contributed by atoms with Crippen molar-refractivity contribution in [2.24, 2.45) is 0 Å². The Morgan fingerprint density at radius 1 is 1.30 bits per heavy atom. The molecule has 1 aromatic carbocycles. The number of aliphatic hydroxyl groups is 1. The first-order valence-electron chi connectivity index (χ1n) is 8.23. The van der Waals surface area contributed by atoms with Crippen LogP contribution in [0.15, 0.2) is 17.0 Å². The van der Waals surface area contributed by atoms with Crippen molar-refractivity contribution in [2.45, 2.75) is 47.8 Å². The van der Waals surface area contributed by atoms with Gasteiger partial charge in [0.2, 0.25) is 0 Å². The summed E-state index contributed by atoms with van der Waals surface area (Å²) < 4.78 is 96.1. The first-order valence-corrected chi connectivity index (χ1v) is 9.71. The number of rotatable bonds is 3. The van der Waals surface area contributed by atoms with Gasteiger partial charge in [0, 0.05) is 24.1 Å². The second-order valence-electron chi connectivity index (χ2n) is 6.89. The third-order valence-electron chi connectivity index (χ3n) is 4.83. The summed E-state index contributed by atoms with van der Waals surface area (Å²) >= 11 is 0. The summed E-state index contributed by atoms with van der Waals surface area (Å²) in [6.07, 6.45) is -2.70. The van der Waals surface area contributed by atoms with Crippen molar-refractivity contribution in [3.05, 3.63) is 23.3 Å². The van der Waals surface area contributed by atoms with Crippen molar-refractivity contribution < 1.29 is 40.2 Å². The average molecular weight is 415 g/mol. The summed E-state index contributed by atoms with van der Waals surface area (Å²) in [6.45, 7) is 1.33. The Labute approximate surface area is 152 Å². The summed E-state index contributed by atoms with van der Waals surface area (Å²) in [5.41, 5.74) is -7.00. The first-order chi connectivity index (χ1) is 12.3. The SMILES string of the molecule is CN1CCCC(Oc2ccc(S(=O)(=O)C(F)(F)F)c3c2CC(F)(F)C3O)C1. The summed E-state index contributed by atoms with van der Waals surface area (Å²) in [5.74, 6) is -3.91. The van der Waals surface area contributed by atoms with Crippen molar-refractivity contribution in [1.29, 1.82) is 0 Å². The topological polar surface area (TPSA) is 66.8 Å². The van der Waals surface area contributed by atoms with Gasteiger partial charge in [-0.15, -0.1) is 0 Å². The number of aliphatic hydroxyl groups excluding tert-OH is 1. The average Bonchev–Trinajstić information content (AvgIpc) is 2.77. The minimum Gasteiger partial charge on any atom is -0.489 e. The van der Waals surface area contributed by atoms with E-state index in [2.05, 4.69) is 0 Å². The van der Waals surface area contributed by atoms with Crippen LogP contribution in [-0.4, -0.2) is 56.1 Å². The minimum absolute atomic E-state index is 0.123. The van der Waals surface area contributed by atoms with Gasteiger partial charge in [-0.05, 0) is 38.6 Å². The van der Waals surface area contributed by atoms with Gasteiger partial charge in [0.05, 0.1) is 4.90 Å².